The Kier molecular flexibility index (Phi) is 6.27. The summed E-state index contributed by atoms with van der Waals surface area (Å²) in [5.74, 6) is -0.102. The molecular weight excluding hydrogens is 380 g/mol. The first-order valence-corrected chi connectivity index (χ1v) is 10.8. The van der Waals surface area contributed by atoms with E-state index in [4.69, 9.17) is 10.5 Å². The molecule has 30 heavy (non-hydrogen) atoms. The first-order valence-electron chi connectivity index (χ1n) is 10.8. The number of carbonyl (C=O) groups excluding carboxylic acids is 2. The van der Waals surface area contributed by atoms with Crippen molar-refractivity contribution in [3.8, 4) is 0 Å². The third-order valence-corrected chi connectivity index (χ3v) is 6.24. The first kappa shape index (κ1) is 20.7. The van der Waals surface area contributed by atoms with E-state index < -0.39 is 6.03 Å². The van der Waals surface area contributed by atoms with Gasteiger partial charge < -0.3 is 25.3 Å². The van der Waals surface area contributed by atoms with Crippen molar-refractivity contribution in [1.29, 1.82) is 0 Å². The number of likely N-dealkylation sites (tertiary alicyclic amines) is 1. The SMILES string of the molecule is COCCCC(c1c[nH]c2ccccc12)N(C(=O)[C@H]1C[CH]CN(C(N)=O)C1)C1CC1. The summed E-state index contributed by atoms with van der Waals surface area (Å²) in [5.41, 5.74) is 7.72. The van der Waals surface area contributed by atoms with Crippen LogP contribution in [-0.4, -0.2) is 59.6 Å². The van der Waals surface area contributed by atoms with Gasteiger partial charge in [0.25, 0.3) is 0 Å². The van der Waals surface area contributed by atoms with E-state index in [0.29, 0.717) is 26.1 Å². The molecule has 2 atom stereocenters. The monoisotopic (exact) mass is 411 g/mol. The van der Waals surface area contributed by atoms with Gasteiger partial charge in [-0.15, -0.1) is 0 Å². The molecule has 2 fully saturated rings. The van der Waals surface area contributed by atoms with Gasteiger partial charge >= 0.3 is 6.03 Å². The average Bonchev–Trinajstić information content (AvgIpc) is 3.51. The van der Waals surface area contributed by atoms with E-state index in [-0.39, 0.29) is 23.9 Å². The molecule has 1 aromatic carbocycles. The predicted octanol–water partition coefficient (Wildman–Crippen LogP) is 3.23. The molecule has 1 unspecified atom stereocenters. The highest BCUT2D eigenvalue weighted by molar-refractivity contribution is 5.86. The van der Waals surface area contributed by atoms with Crippen LogP contribution in [0.4, 0.5) is 4.79 Å². The number of benzene rings is 1. The van der Waals surface area contributed by atoms with Gasteiger partial charge in [-0.2, -0.15) is 0 Å². The second-order valence-corrected chi connectivity index (χ2v) is 8.38. The molecule has 1 saturated heterocycles. The Morgan fingerprint density at radius 3 is 2.87 bits per heavy atom. The van der Waals surface area contributed by atoms with Crippen molar-refractivity contribution in [1.82, 2.24) is 14.8 Å². The number of urea groups is 1. The molecule has 2 aromatic rings. The third-order valence-electron chi connectivity index (χ3n) is 6.24. The van der Waals surface area contributed by atoms with Crippen molar-refractivity contribution in [3.63, 3.8) is 0 Å². The molecule has 0 spiro atoms. The number of nitrogens with one attached hydrogen (secondary N) is 1. The molecule has 3 amide bonds. The number of H-pyrrole nitrogens is 1. The van der Waals surface area contributed by atoms with Gasteiger partial charge in [-0.1, -0.05) is 18.2 Å². The van der Waals surface area contributed by atoms with Crippen LogP contribution in [0.25, 0.3) is 10.9 Å². The number of amides is 3. The standard InChI is InChI=1S/C23H31N4O3/c1-30-13-5-9-21(19-14-25-20-8-3-2-7-18(19)20)27(17-10-11-17)22(28)16-6-4-12-26(15-16)23(24)29/h2-4,7-8,14,16-17,21,25H,5-6,9-13,15H2,1H3,(H2,24,29)/t16-,21?/m0/s1. The maximum absolute atomic E-state index is 13.7. The Labute approximate surface area is 177 Å². The van der Waals surface area contributed by atoms with Crippen molar-refractivity contribution in [3.05, 3.63) is 42.4 Å². The molecule has 7 heteroatoms. The number of nitrogens with two attached hydrogens (primary N) is 1. The molecule has 3 N–H and O–H groups in total. The molecule has 2 heterocycles. The second kappa shape index (κ2) is 9.08. The van der Waals surface area contributed by atoms with Crippen molar-refractivity contribution < 1.29 is 14.3 Å². The summed E-state index contributed by atoms with van der Waals surface area (Å²) in [6.07, 6.45) is 8.51. The zero-order chi connectivity index (χ0) is 21.1. The van der Waals surface area contributed by atoms with Gasteiger partial charge in [0.2, 0.25) is 5.91 Å². The zero-order valence-electron chi connectivity index (χ0n) is 17.5. The lowest BCUT2D eigenvalue weighted by atomic mass is 9.93. The largest absolute Gasteiger partial charge is 0.385 e. The minimum absolute atomic E-state index is 0.0137. The summed E-state index contributed by atoms with van der Waals surface area (Å²) in [7, 11) is 1.71. The molecule has 7 nitrogen and oxygen atoms in total. The normalized spacial score (nSPS) is 20.3. The number of nitrogens with zero attached hydrogens (tertiary/aromatic N) is 2. The van der Waals surface area contributed by atoms with Crippen LogP contribution in [0.3, 0.4) is 0 Å². The summed E-state index contributed by atoms with van der Waals surface area (Å²) >= 11 is 0. The molecule has 1 radical (unpaired) electrons. The number of para-hydroxylation sites is 1. The van der Waals surface area contributed by atoms with Gasteiger partial charge in [0.15, 0.2) is 0 Å². The van der Waals surface area contributed by atoms with Crippen molar-refractivity contribution in [2.24, 2.45) is 11.7 Å². The smallest absolute Gasteiger partial charge is 0.314 e. The van der Waals surface area contributed by atoms with E-state index in [1.165, 1.54) is 0 Å². The number of methoxy groups -OCH3 is 1. The number of ether oxygens (including phenoxy) is 1. The summed E-state index contributed by atoms with van der Waals surface area (Å²) in [4.78, 5) is 32.4. The lowest BCUT2D eigenvalue weighted by molar-refractivity contribution is -0.140. The molecule has 4 rings (SSSR count). The Bertz CT molecular complexity index is 891. The number of carbonyl (C=O) groups is 2. The van der Waals surface area contributed by atoms with E-state index in [9.17, 15) is 9.59 Å². The molecular formula is C23H31N4O3. The fourth-order valence-corrected chi connectivity index (χ4v) is 4.59. The number of aromatic amines is 1. The van der Waals surface area contributed by atoms with Crippen LogP contribution in [-0.2, 0) is 9.53 Å². The van der Waals surface area contributed by atoms with E-state index in [1.54, 1.807) is 12.0 Å². The highest BCUT2D eigenvalue weighted by Crippen LogP contribution is 2.41. The second-order valence-electron chi connectivity index (χ2n) is 8.38. The van der Waals surface area contributed by atoms with Crippen LogP contribution in [0.15, 0.2) is 30.5 Å². The van der Waals surface area contributed by atoms with Crippen LogP contribution in [0.1, 0.15) is 43.7 Å². The Balaban J connectivity index is 1.64. The minimum Gasteiger partial charge on any atom is -0.385 e. The molecule has 161 valence electrons. The van der Waals surface area contributed by atoms with Crippen molar-refractivity contribution >= 4 is 22.8 Å². The molecule has 1 aliphatic heterocycles. The molecule has 2 aliphatic rings. The number of aromatic nitrogens is 1. The van der Waals surface area contributed by atoms with Gasteiger partial charge in [0, 0.05) is 49.9 Å². The third kappa shape index (κ3) is 4.31. The highest BCUT2D eigenvalue weighted by atomic mass is 16.5. The number of primary amides is 1. The molecule has 1 saturated carbocycles. The summed E-state index contributed by atoms with van der Waals surface area (Å²) in [6.45, 7) is 1.58. The van der Waals surface area contributed by atoms with Gasteiger partial charge in [-0.3, -0.25) is 4.79 Å². The molecule has 0 bridgehead atoms. The summed E-state index contributed by atoms with van der Waals surface area (Å²) in [5, 5.41) is 1.16. The maximum Gasteiger partial charge on any atom is 0.314 e. The Hall–Kier alpha value is -2.54. The molecule has 1 aromatic heterocycles. The Morgan fingerprint density at radius 2 is 2.13 bits per heavy atom. The summed E-state index contributed by atoms with van der Waals surface area (Å²) < 4.78 is 5.30. The quantitative estimate of drug-likeness (QED) is 0.653. The van der Waals surface area contributed by atoms with Crippen molar-refractivity contribution in [2.45, 2.75) is 44.2 Å². The van der Waals surface area contributed by atoms with Crippen LogP contribution in [0.2, 0.25) is 0 Å². The fraction of sp³-hybridized carbons (Fsp3) is 0.522. The lowest BCUT2D eigenvalue weighted by Gasteiger charge is -2.38. The van der Waals surface area contributed by atoms with Gasteiger partial charge in [-0.25, -0.2) is 4.79 Å². The van der Waals surface area contributed by atoms with Crippen LogP contribution < -0.4 is 5.73 Å². The van der Waals surface area contributed by atoms with Crippen LogP contribution in [0, 0.1) is 12.3 Å². The van der Waals surface area contributed by atoms with Gasteiger partial charge in [0.1, 0.15) is 0 Å². The van der Waals surface area contributed by atoms with Gasteiger partial charge in [-0.05, 0) is 50.2 Å². The van der Waals surface area contributed by atoms with E-state index in [2.05, 4.69) is 22.0 Å². The first-order chi connectivity index (χ1) is 14.6. The predicted molar refractivity (Wildman–Crippen MR) is 116 cm³/mol. The van der Waals surface area contributed by atoms with E-state index in [0.717, 1.165) is 42.1 Å². The van der Waals surface area contributed by atoms with Gasteiger partial charge in [0.05, 0.1) is 12.0 Å². The van der Waals surface area contributed by atoms with Crippen LogP contribution in [0.5, 0.6) is 0 Å². The Morgan fingerprint density at radius 1 is 1.33 bits per heavy atom. The van der Waals surface area contributed by atoms with E-state index >= 15 is 0 Å². The van der Waals surface area contributed by atoms with Crippen molar-refractivity contribution in [2.75, 3.05) is 26.8 Å². The number of rotatable bonds is 8. The highest BCUT2D eigenvalue weighted by Gasteiger charge is 2.42. The number of piperidine rings is 1. The number of hydrogen-bond acceptors (Lipinski definition) is 3. The maximum atomic E-state index is 13.7. The zero-order valence-corrected chi connectivity index (χ0v) is 17.5. The molecule has 1 aliphatic carbocycles. The summed E-state index contributed by atoms with van der Waals surface area (Å²) in [6, 6.07) is 8.02. The minimum atomic E-state index is -0.463. The number of fused-ring (bicyclic) bond motifs is 1. The van der Waals surface area contributed by atoms with E-state index in [1.807, 2.05) is 24.8 Å². The lowest BCUT2D eigenvalue weighted by Crippen LogP contribution is -2.49. The average molecular weight is 412 g/mol. The number of hydrogen-bond donors (Lipinski definition) is 2. The van der Waals surface area contributed by atoms with Crippen LogP contribution >= 0.6 is 0 Å². The topological polar surface area (TPSA) is 91.7 Å². The fourth-order valence-electron chi connectivity index (χ4n) is 4.59.